The predicted octanol–water partition coefficient (Wildman–Crippen LogP) is 2.92. The van der Waals surface area contributed by atoms with E-state index in [2.05, 4.69) is 18.7 Å². The van der Waals surface area contributed by atoms with E-state index in [4.69, 9.17) is 4.74 Å². The molecule has 3 rings (SSSR count). The third kappa shape index (κ3) is 4.82. The Hall–Kier alpha value is -1.59. The van der Waals surface area contributed by atoms with E-state index in [1.165, 1.54) is 0 Å². The number of piperidine rings is 2. The first-order chi connectivity index (χ1) is 12.9. The van der Waals surface area contributed by atoms with E-state index in [1.807, 2.05) is 24.3 Å². The minimum absolute atomic E-state index is 0.123. The largest absolute Gasteiger partial charge is 0.497 e. The SMILES string of the molecule is COc1cccc(CN2CCCC(O)(CN3CCC(C(C)C)CC3)C2=O)c1. The van der Waals surface area contributed by atoms with Crippen LogP contribution in [-0.2, 0) is 11.3 Å². The second-order valence-electron chi connectivity index (χ2n) is 8.57. The molecule has 5 nitrogen and oxygen atoms in total. The molecule has 0 radical (unpaired) electrons. The molecule has 1 unspecified atom stereocenters. The first-order valence-electron chi connectivity index (χ1n) is 10.3. The molecule has 5 heteroatoms. The molecular weight excluding hydrogens is 340 g/mol. The van der Waals surface area contributed by atoms with Gasteiger partial charge in [0, 0.05) is 19.6 Å². The lowest BCUT2D eigenvalue weighted by Gasteiger charge is -2.43. The van der Waals surface area contributed by atoms with Gasteiger partial charge >= 0.3 is 0 Å². The molecule has 0 bridgehead atoms. The fraction of sp³-hybridized carbons (Fsp3) is 0.682. The predicted molar refractivity (Wildman–Crippen MR) is 107 cm³/mol. The average Bonchev–Trinajstić information content (AvgIpc) is 2.66. The Balaban J connectivity index is 1.61. The lowest BCUT2D eigenvalue weighted by Crippen LogP contribution is -2.59. The van der Waals surface area contributed by atoms with Gasteiger partial charge in [0.1, 0.15) is 5.75 Å². The van der Waals surface area contributed by atoms with Gasteiger partial charge in [0.25, 0.3) is 5.91 Å². The molecule has 2 saturated heterocycles. The van der Waals surface area contributed by atoms with Gasteiger partial charge in [0.2, 0.25) is 0 Å². The molecule has 2 aliphatic heterocycles. The number of β-amino-alcohol motifs (C(OH)–C–C–N with tert-alkyl or cyclic N) is 1. The minimum Gasteiger partial charge on any atom is -0.497 e. The third-order valence-electron chi connectivity index (χ3n) is 6.27. The number of aliphatic hydroxyl groups is 1. The van der Waals surface area contributed by atoms with Crippen molar-refractivity contribution in [2.75, 3.05) is 33.3 Å². The van der Waals surface area contributed by atoms with Crippen molar-refractivity contribution in [3.8, 4) is 5.75 Å². The van der Waals surface area contributed by atoms with Crippen LogP contribution < -0.4 is 4.74 Å². The molecule has 2 heterocycles. The third-order valence-corrected chi connectivity index (χ3v) is 6.27. The number of benzene rings is 1. The van der Waals surface area contributed by atoms with Crippen molar-refractivity contribution in [1.82, 2.24) is 9.80 Å². The van der Waals surface area contributed by atoms with Crippen LogP contribution in [0.25, 0.3) is 0 Å². The summed E-state index contributed by atoms with van der Waals surface area (Å²) in [7, 11) is 1.65. The highest BCUT2D eigenvalue weighted by Crippen LogP contribution is 2.29. The van der Waals surface area contributed by atoms with E-state index in [0.717, 1.165) is 49.6 Å². The second kappa shape index (κ2) is 8.61. The first-order valence-corrected chi connectivity index (χ1v) is 10.3. The van der Waals surface area contributed by atoms with Gasteiger partial charge in [-0.25, -0.2) is 0 Å². The lowest BCUT2D eigenvalue weighted by atomic mass is 9.85. The van der Waals surface area contributed by atoms with Gasteiger partial charge < -0.3 is 14.7 Å². The van der Waals surface area contributed by atoms with Crippen molar-refractivity contribution in [3.05, 3.63) is 29.8 Å². The molecule has 1 aromatic rings. The van der Waals surface area contributed by atoms with Crippen LogP contribution in [0.4, 0.5) is 0 Å². The fourth-order valence-corrected chi connectivity index (χ4v) is 4.50. The van der Waals surface area contributed by atoms with Crippen LogP contribution in [0.1, 0.15) is 45.1 Å². The van der Waals surface area contributed by atoms with Crippen molar-refractivity contribution < 1.29 is 14.6 Å². The Morgan fingerprint density at radius 1 is 1.26 bits per heavy atom. The average molecular weight is 375 g/mol. The standard InChI is InChI=1S/C22H34N2O3/c1-17(2)19-8-12-23(13-9-19)16-22(26)10-5-11-24(21(22)25)15-18-6-4-7-20(14-18)27-3/h4,6-7,14,17,19,26H,5,8-13,15-16H2,1-3H3. The first kappa shape index (κ1) is 20.2. The summed E-state index contributed by atoms with van der Waals surface area (Å²) >= 11 is 0. The number of hydrogen-bond acceptors (Lipinski definition) is 4. The van der Waals surface area contributed by atoms with Crippen molar-refractivity contribution >= 4 is 5.91 Å². The van der Waals surface area contributed by atoms with Gasteiger partial charge in [-0.2, -0.15) is 0 Å². The van der Waals surface area contributed by atoms with Crippen LogP contribution in [-0.4, -0.2) is 59.7 Å². The summed E-state index contributed by atoms with van der Waals surface area (Å²) in [5.41, 5.74) is -0.216. The van der Waals surface area contributed by atoms with Crippen molar-refractivity contribution in [3.63, 3.8) is 0 Å². The molecule has 27 heavy (non-hydrogen) atoms. The molecular formula is C22H34N2O3. The number of carbonyl (C=O) groups is 1. The number of hydrogen-bond donors (Lipinski definition) is 1. The molecule has 1 N–H and O–H groups in total. The second-order valence-corrected chi connectivity index (χ2v) is 8.57. The molecule has 2 aliphatic rings. The normalized spacial score (nSPS) is 25.2. The summed E-state index contributed by atoms with van der Waals surface area (Å²) in [6, 6.07) is 7.80. The fourth-order valence-electron chi connectivity index (χ4n) is 4.50. The summed E-state index contributed by atoms with van der Waals surface area (Å²) in [6.45, 7) is 8.22. The van der Waals surface area contributed by atoms with Crippen LogP contribution in [0.15, 0.2) is 24.3 Å². The van der Waals surface area contributed by atoms with Crippen LogP contribution >= 0.6 is 0 Å². The monoisotopic (exact) mass is 374 g/mol. The lowest BCUT2D eigenvalue weighted by molar-refractivity contribution is -0.160. The van der Waals surface area contributed by atoms with Crippen molar-refractivity contribution in [1.29, 1.82) is 0 Å². The number of likely N-dealkylation sites (tertiary alicyclic amines) is 2. The number of carbonyl (C=O) groups excluding carboxylic acids is 1. The van der Waals surface area contributed by atoms with Crippen LogP contribution in [0, 0.1) is 11.8 Å². The van der Waals surface area contributed by atoms with E-state index >= 15 is 0 Å². The van der Waals surface area contributed by atoms with Gasteiger partial charge in [-0.1, -0.05) is 26.0 Å². The van der Waals surface area contributed by atoms with Gasteiger partial charge in [-0.05, 0) is 68.3 Å². The van der Waals surface area contributed by atoms with Crippen LogP contribution in [0.5, 0.6) is 5.75 Å². The Morgan fingerprint density at radius 3 is 2.67 bits per heavy atom. The zero-order valence-corrected chi connectivity index (χ0v) is 17.0. The number of methoxy groups -OCH3 is 1. The quantitative estimate of drug-likeness (QED) is 0.832. The zero-order chi connectivity index (χ0) is 19.4. The van der Waals surface area contributed by atoms with Crippen LogP contribution in [0.2, 0.25) is 0 Å². The highest BCUT2D eigenvalue weighted by atomic mass is 16.5. The van der Waals surface area contributed by atoms with E-state index in [1.54, 1.807) is 12.0 Å². The molecule has 2 fully saturated rings. The molecule has 0 aliphatic carbocycles. The smallest absolute Gasteiger partial charge is 0.256 e. The van der Waals surface area contributed by atoms with Crippen molar-refractivity contribution in [2.24, 2.45) is 11.8 Å². The maximum atomic E-state index is 13.1. The summed E-state index contributed by atoms with van der Waals surface area (Å²) in [5, 5.41) is 11.2. The summed E-state index contributed by atoms with van der Waals surface area (Å²) in [4.78, 5) is 17.2. The minimum atomic E-state index is -1.25. The number of nitrogens with zero attached hydrogens (tertiary/aromatic N) is 2. The number of ether oxygens (including phenoxy) is 1. The summed E-state index contributed by atoms with van der Waals surface area (Å²) in [5.74, 6) is 2.15. The Morgan fingerprint density at radius 2 is 2.00 bits per heavy atom. The molecule has 1 atom stereocenters. The Labute approximate surface area is 163 Å². The molecule has 150 valence electrons. The van der Waals surface area contributed by atoms with E-state index in [9.17, 15) is 9.90 Å². The maximum Gasteiger partial charge on any atom is 0.256 e. The highest BCUT2D eigenvalue weighted by molar-refractivity contribution is 5.86. The Kier molecular flexibility index (Phi) is 6.43. The van der Waals surface area contributed by atoms with E-state index in [0.29, 0.717) is 32.0 Å². The van der Waals surface area contributed by atoms with Gasteiger partial charge in [-0.3, -0.25) is 9.69 Å². The summed E-state index contributed by atoms with van der Waals surface area (Å²) in [6.07, 6.45) is 3.73. The summed E-state index contributed by atoms with van der Waals surface area (Å²) < 4.78 is 5.28. The van der Waals surface area contributed by atoms with Gasteiger partial charge in [0.05, 0.1) is 7.11 Å². The zero-order valence-electron chi connectivity index (χ0n) is 17.0. The topological polar surface area (TPSA) is 53.0 Å². The maximum absolute atomic E-state index is 13.1. The molecule has 0 saturated carbocycles. The Bertz CT molecular complexity index is 640. The molecule has 1 amide bonds. The van der Waals surface area contributed by atoms with Gasteiger partial charge in [-0.15, -0.1) is 0 Å². The molecule has 1 aromatic carbocycles. The van der Waals surface area contributed by atoms with Crippen molar-refractivity contribution in [2.45, 2.75) is 51.7 Å². The molecule has 0 spiro atoms. The van der Waals surface area contributed by atoms with E-state index in [-0.39, 0.29) is 5.91 Å². The number of rotatable bonds is 6. The van der Waals surface area contributed by atoms with E-state index < -0.39 is 5.60 Å². The molecule has 0 aromatic heterocycles. The van der Waals surface area contributed by atoms with Crippen LogP contribution in [0.3, 0.4) is 0 Å². The van der Waals surface area contributed by atoms with Gasteiger partial charge in [0.15, 0.2) is 5.60 Å². The highest BCUT2D eigenvalue weighted by Gasteiger charge is 2.43. The number of amides is 1.